The van der Waals surface area contributed by atoms with Gasteiger partial charge in [-0.05, 0) is 23.3 Å². The Hall–Kier alpha value is -2.88. The van der Waals surface area contributed by atoms with E-state index in [1.54, 1.807) is 13.3 Å². The van der Waals surface area contributed by atoms with Crippen molar-refractivity contribution in [2.45, 2.75) is 0 Å². The zero-order valence-electron chi connectivity index (χ0n) is 11.7. The number of ether oxygens (including phenoxy) is 1. The maximum atomic E-state index is 5.14. The number of hydrogen-bond acceptors (Lipinski definition) is 3. The highest BCUT2D eigenvalue weighted by atomic mass is 16.5. The zero-order chi connectivity index (χ0) is 14.5. The second-order valence-electron chi connectivity index (χ2n) is 4.60. The van der Waals surface area contributed by atoms with Gasteiger partial charge in [0.25, 0.3) is 0 Å². The van der Waals surface area contributed by atoms with Crippen LogP contribution in [0.3, 0.4) is 0 Å². The fraction of sp³-hybridized carbons (Fsp3) is 0.0588. The lowest BCUT2D eigenvalue weighted by Crippen LogP contribution is -1.81. The summed E-state index contributed by atoms with van der Waals surface area (Å²) in [6.07, 6.45) is 5.87. The van der Waals surface area contributed by atoms with E-state index in [9.17, 15) is 0 Å². The normalized spacial score (nSPS) is 10.9. The molecule has 0 fully saturated rings. The van der Waals surface area contributed by atoms with Gasteiger partial charge in [-0.25, -0.2) is 0 Å². The topological polar surface area (TPSA) is 50.8 Å². The molecule has 1 heterocycles. The predicted molar refractivity (Wildman–Crippen MR) is 83.7 cm³/mol. The predicted octanol–water partition coefficient (Wildman–Crippen LogP) is 3.65. The molecule has 0 aliphatic rings. The van der Waals surface area contributed by atoms with Gasteiger partial charge in [-0.2, -0.15) is 0 Å². The highest BCUT2D eigenvalue weighted by molar-refractivity contribution is 5.71. The molecule has 0 saturated carbocycles. The molecule has 0 spiro atoms. The van der Waals surface area contributed by atoms with Crippen LogP contribution in [0, 0.1) is 0 Å². The van der Waals surface area contributed by atoms with Crippen LogP contribution < -0.4 is 4.74 Å². The van der Waals surface area contributed by atoms with E-state index in [4.69, 9.17) is 4.74 Å². The standard InChI is InChI=1S/C17H15N3O/c1-21-16-10-6-14(7-11-16)3-2-13-4-8-15(9-5-13)17-12-18-20-19-17/h2-12H,1H3,(H,18,19,20). The Morgan fingerprint density at radius 1 is 0.905 bits per heavy atom. The minimum Gasteiger partial charge on any atom is -0.497 e. The van der Waals surface area contributed by atoms with Gasteiger partial charge in [0.2, 0.25) is 0 Å². The number of H-pyrrole nitrogens is 1. The maximum Gasteiger partial charge on any atom is 0.118 e. The van der Waals surface area contributed by atoms with Crippen LogP contribution in [0.1, 0.15) is 11.1 Å². The highest BCUT2D eigenvalue weighted by Gasteiger charge is 1.98. The van der Waals surface area contributed by atoms with Gasteiger partial charge in [0, 0.05) is 5.56 Å². The maximum absolute atomic E-state index is 5.14. The van der Waals surface area contributed by atoms with Gasteiger partial charge in [0.15, 0.2) is 0 Å². The lowest BCUT2D eigenvalue weighted by molar-refractivity contribution is 0.415. The lowest BCUT2D eigenvalue weighted by atomic mass is 10.1. The molecule has 3 aromatic rings. The first-order valence-corrected chi connectivity index (χ1v) is 6.64. The Bertz CT molecular complexity index is 714. The summed E-state index contributed by atoms with van der Waals surface area (Å²) in [5.41, 5.74) is 4.27. The number of aromatic amines is 1. The number of nitrogens with one attached hydrogen (secondary N) is 1. The second-order valence-corrected chi connectivity index (χ2v) is 4.60. The summed E-state index contributed by atoms with van der Waals surface area (Å²) in [5, 5.41) is 10.3. The largest absolute Gasteiger partial charge is 0.497 e. The molecular weight excluding hydrogens is 262 g/mol. The number of methoxy groups -OCH3 is 1. The summed E-state index contributed by atoms with van der Waals surface area (Å²) in [5.74, 6) is 0.865. The SMILES string of the molecule is COc1ccc(C=Cc2ccc(-c3cnn[nH]3)cc2)cc1. The Kier molecular flexibility index (Phi) is 3.78. The molecule has 4 heteroatoms. The van der Waals surface area contributed by atoms with Gasteiger partial charge in [-0.3, -0.25) is 5.10 Å². The second kappa shape index (κ2) is 6.05. The van der Waals surface area contributed by atoms with E-state index in [0.717, 1.165) is 28.1 Å². The van der Waals surface area contributed by atoms with E-state index in [-0.39, 0.29) is 0 Å². The van der Waals surface area contributed by atoms with E-state index in [1.807, 2.05) is 36.4 Å². The molecule has 0 aliphatic heterocycles. The van der Waals surface area contributed by atoms with E-state index in [2.05, 4.69) is 39.7 Å². The summed E-state index contributed by atoms with van der Waals surface area (Å²) in [6, 6.07) is 16.2. The van der Waals surface area contributed by atoms with Crippen molar-refractivity contribution in [3.63, 3.8) is 0 Å². The molecule has 1 N–H and O–H groups in total. The molecule has 104 valence electrons. The van der Waals surface area contributed by atoms with Crippen molar-refractivity contribution >= 4 is 12.2 Å². The van der Waals surface area contributed by atoms with Gasteiger partial charge >= 0.3 is 0 Å². The minimum atomic E-state index is 0.865. The van der Waals surface area contributed by atoms with Crippen molar-refractivity contribution in [3.8, 4) is 17.0 Å². The van der Waals surface area contributed by atoms with Crippen LogP contribution in [0.25, 0.3) is 23.4 Å². The average molecular weight is 277 g/mol. The smallest absolute Gasteiger partial charge is 0.118 e. The third-order valence-electron chi connectivity index (χ3n) is 3.22. The molecule has 0 atom stereocenters. The van der Waals surface area contributed by atoms with Crippen molar-refractivity contribution in [2.24, 2.45) is 0 Å². The zero-order valence-corrected chi connectivity index (χ0v) is 11.7. The summed E-state index contributed by atoms with van der Waals surface area (Å²) >= 11 is 0. The molecule has 0 unspecified atom stereocenters. The summed E-state index contributed by atoms with van der Waals surface area (Å²) in [7, 11) is 1.67. The van der Waals surface area contributed by atoms with Gasteiger partial charge in [0.1, 0.15) is 5.75 Å². The number of hydrogen-bond donors (Lipinski definition) is 1. The van der Waals surface area contributed by atoms with Crippen LogP contribution in [-0.4, -0.2) is 22.5 Å². The molecule has 2 aromatic carbocycles. The molecule has 0 saturated heterocycles. The number of benzene rings is 2. The summed E-state index contributed by atoms with van der Waals surface area (Å²) < 4.78 is 5.14. The Labute approximate surface area is 123 Å². The molecule has 4 nitrogen and oxygen atoms in total. The van der Waals surface area contributed by atoms with Gasteiger partial charge in [0.05, 0.1) is 19.0 Å². The Balaban J connectivity index is 1.73. The molecule has 0 radical (unpaired) electrons. The third-order valence-corrected chi connectivity index (χ3v) is 3.22. The molecule has 0 amide bonds. The van der Waals surface area contributed by atoms with Crippen LogP contribution in [0.4, 0.5) is 0 Å². The van der Waals surface area contributed by atoms with Crippen LogP contribution in [0.2, 0.25) is 0 Å². The third kappa shape index (κ3) is 3.17. The van der Waals surface area contributed by atoms with E-state index >= 15 is 0 Å². The van der Waals surface area contributed by atoms with Crippen LogP contribution in [0.15, 0.2) is 54.7 Å². The Morgan fingerprint density at radius 3 is 2.05 bits per heavy atom. The molecule has 0 aliphatic carbocycles. The van der Waals surface area contributed by atoms with Crippen LogP contribution >= 0.6 is 0 Å². The average Bonchev–Trinajstić information content (AvgIpc) is 3.08. The number of aromatic nitrogens is 3. The first kappa shape index (κ1) is 13.1. The van der Waals surface area contributed by atoms with Gasteiger partial charge < -0.3 is 4.74 Å². The Morgan fingerprint density at radius 2 is 1.52 bits per heavy atom. The van der Waals surface area contributed by atoms with Crippen LogP contribution in [0.5, 0.6) is 5.75 Å². The quantitative estimate of drug-likeness (QED) is 0.740. The van der Waals surface area contributed by atoms with Crippen molar-refractivity contribution in [3.05, 3.63) is 65.9 Å². The molecule has 21 heavy (non-hydrogen) atoms. The first-order chi connectivity index (χ1) is 10.3. The number of nitrogens with zero attached hydrogens (tertiary/aromatic N) is 2. The fourth-order valence-corrected chi connectivity index (χ4v) is 2.02. The summed E-state index contributed by atoms with van der Waals surface area (Å²) in [4.78, 5) is 0. The van der Waals surface area contributed by atoms with Gasteiger partial charge in [-0.1, -0.05) is 53.8 Å². The summed E-state index contributed by atoms with van der Waals surface area (Å²) in [6.45, 7) is 0. The van der Waals surface area contributed by atoms with Crippen molar-refractivity contribution < 1.29 is 4.74 Å². The van der Waals surface area contributed by atoms with Gasteiger partial charge in [-0.15, -0.1) is 5.10 Å². The van der Waals surface area contributed by atoms with Crippen molar-refractivity contribution in [2.75, 3.05) is 7.11 Å². The number of rotatable bonds is 4. The van der Waals surface area contributed by atoms with E-state index in [0.29, 0.717) is 0 Å². The minimum absolute atomic E-state index is 0.865. The van der Waals surface area contributed by atoms with Crippen molar-refractivity contribution in [1.82, 2.24) is 15.4 Å². The molecule has 3 rings (SSSR count). The van der Waals surface area contributed by atoms with Crippen molar-refractivity contribution in [1.29, 1.82) is 0 Å². The molecule has 1 aromatic heterocycles. The molecular formula is C17H15N3O. The van der Waals surface area contributed by atoms with E-state index in [1.165, 1.54) is 0 Å². The lowest BCUT2D eigenvalue weighted by Gasteiger charge is -2.00. The first-order valence-electron chi connectivity index (χ1n) is 6.64. The monoisotopic (exact) mass is 277 g/mol. The van der Waals surface area contributed by atoms with Crippen LogP contribution in [-0.2, 0) is 0 Å². The van der Waals surface area contributed by atoms with E-state index < -0.39 is 0 Å². The molecule has 0 bridgehead atoms. The fourth-order valence-electron chi connectivity index (χ4n) is 2.02. The highest BCUT2D eigenvalue weighted by Crippen LogP contribution is 2.18.